The fourth-order valence-corrected chi connectivity index (χ4v) is 2.89. The second-order valence-corrected chi connectivity index (χ2v) is 6.44. The molecule has 0 saturated carbocycles. The van der Waals surface area contributed by atoms with E-state index in [1.807, 2.05) is 25.1 Å². The molecule has 5 nitrogen and oxygen atoms in total. The number of anilines is 1. The van der Waals surface area contributed by atoms with E-state index < -0.39 is 11.9 Å². The van der Waals surface area contributed by atoms with Gasteiger partial charge in [0.25, 0.3) is 5.91 Å². The summed E-state index contributed by atoms with van der Waals surface area (Å²) < 4.78 is 5.10. The number of para-hydroxylation sites is 1. The van der Waals surface area contributed by atoms with E-state index in [1.165, 1.54) is 18.7 Å². The van der Waals surface area contributed by atoms with E-state index >= 15 is 0 Å². The molecule has 0 aliphatic rings. The maximum Gasteiger partial charge on any atom is 0.339 e. The van der Waals surface area contributed by atoms with Crippen LogP contribution in [-0.2, 0) is 14.3 Å². The lowest BCUT2D eigenvalue weighted by atomic mass is 10.2. The molecule has 0 heterocycles. The lowest BCUT2D eigenvalue weighted by Crippen LogP contribution is -2.21. The molecule has 25 heavy (non-hydrogen) atoms. The van der Waals surface area contributed by atoms with Gasteiger partial charge in [0.15, 0.2) is 6.61 Å². The number of nitrogens with one attached hydrogen (secondary N) is 1. The van der Waals surface area contributed by atoms with E-state index in [4.69, 9.17) is 4.74 Å². The van der Waals surface area contributed by atoms with Crippen LogP contribution in [-0.4, -0.2) is 30.0 Å². The average molecular weight is 357 g/mol. The Balaban J connectivity index is 1.95. The Bertz CT molecular complexity index is 788. The van der Waals surface area contributed by atoms with Crippen LogP contribution in [0.15, 0.2) is 53.4 Å². The zero-order valence-electron chi connectivity index (χ0n) is 14.1. The third-order valence-corrected chi connectivity index (χ3v) is 4.51. The Labute approximate surface area is 150 Å². The molecule has 0 aromatic heterocycles. The number of hydrogen-bond acceptors (Lipinski definition) is 5. The van der Waals surface area contributed by atoms with Crippen molar-refractivity contribution in [2.24, 2.45) is 0 Å². The summed E-state index contributed by atoms with van der Waals surface area (Å²) in [7, 11) is 0. The van der Waals surface area contributed by atoms with E-state index in [9.17, 15) is 14.4 Å². The van der Waals surface area contributed by atoms with Gasteiger partial charge >= 0.3 is 5.97 Å². The minimum absolute atomic E-state index is 0.0192. The molecule has 0 bridgehead atoms. The molecule has 0 saturated heterocycles. The van der Waals surface area contributed by atoms with Crippen LogP contribution in [0.2, 0.25) is 0 Å². The lowest BCUT2D eigenvalue weighted by Gasteiger charge is -2.10. The molecule has 0 atom stereocenters. The number of rotatable bonds is 7. The fourth-order valence-electron chi connectivity index (χ4n) is 2.05. The van der Waals surface area contributed by atoms with Gasteiger partial charge in [-0.1, -0.05) is 30.3 Å². The van der Waals surface area contributed by atoms with Crippen LogP contribution in [0.1, 0.15) is 22.8 Å². The Morgan fingerprint density at radius 2 is 1.72 bits per heavy atom. The molecule has 0 aliphatic heterocycles. The number of carbonyl (C=O) groups excluding carboxylic acids is 3. The van der Waals surface area contributed by atoms with E-state index in [-0.39, 0.29) is 18.1 Å². The van der Waals surface area contributed by atoms with Crippen LogP contribution in [0.3, 0.4) is 0 Å². The number of carbonyl (C=O) groups is 3. The number of benzene rings is 2. The van der Waals surface area contributed by atoms with Gasteiger partial charge in [0.05, 0.1) is 11.3 Å². The van der Waals surface area contributed by atoms with Crippen molar-refractivity contribution in [2.45, 2.75) is 18.7 Å². The predicted octanol–water partition coefficient (Wildman–Crippen LogP) is 3.47. The maximum atomic E-state index is 12.2. The number of aryl methyl sites for hydroxylation is 1. The minimum Gasteiger partial charge on any atom is -0.452 e. The maximum absolute atomic E-state index is 12.2. The summed E-state index contributed by atoms with van der Waals surface area (Å²) in [5.41, 5.74) is 1.95. The zero-order valence-corrected chi connectivity index (χ0v) is 14.9. The van der Waals surface area contributed by atoms with Crippen molar-refractivity contribution in [3.8, 4) is 0 Å². The van der Waals surface area contributed by atoms with Crippen LogP contribution >= 0.6 is 11.8 Å². The largest absolute Gasteiger partial charge is 0.452 e. The first kappa shape index (κ1) is 18.7. The van der Waals surface area contributed by atoms with Crippen LogP contribution in [0.25, 0.3) is 0 Å². The average Bonchev–Trinajstić information content (AvgIpc) is 2.60. The van der Waals surface area contributed by atoms with Crippen molar-refractivity contribution in [1.29, 1.82) is 0 Å². The standard InChI is InChI=1S/C19H19NO4S/c1-13-7-3-5-9-16(13)20-18(22)11-24-19(23)15-8-4-6-10-17(15)25-12-14(2)21/h3-10H,11-12H2,1-2H3,(H,20,22). The molecule has 0 radical (unpaired) electrons. The Kier molecular flexibility index (Phi) is 6.77. The number of thioether (sulfide) groups is 1. The molecule has 1 N–H and O–H groups in total. The highest BCUT2D eigenvalue weighted by Gasteiger charge is 2.15. The van der Waals surface area contributed by atoms with Crippen molar-refractivity contribution in [1.82, 2.24) is 0 Å². The zero-order chi connectivity index (χ0) is 18.2. The SMILES string of the molecule is CC(=O)CSc1ccccc1C(=O)OCC(=O)Nc1ccccc1C. The first-order valence-electron chi connectivity index (χ1n) is 7.71. The highest BCUT2D eigenvalue weighted by atomic mass is 32.2. The van der Waals surface area contributed by atoms with Gasteiger partial charge in [-0.2, -0.15) is 0 Å². The summed E-state index contributed by atoms with van der Waals surface area (Å²) >= 11 is 1.27. The number of ketones is 1. The van der Waals surface area contributed by atoms with Crippen LogP contribution < -0.4 is 5.32 Å². The molecule has 0 unspecified atom stereocenters. The van der Waals surface area contributed by atoms with Gasteiger partial charge in [-0.25, -0.2) is 4.79 Å². The van der Waals surface area contributed by atoms with Gasteiger partial charge < -0.3 is 10.1 Å². The summed E-state index contributed by atoms with van der Waals surface area (Å²) in [6.07, 6.45) is 0. The van der Waals surface area contributed by atoms with Gasteiger partial charge in [0.1, 0.15) is 5.78 Å². The molecule has 0 fully saturated rings. The summed E-state index contributed by atoms with van der Waals surface area (Å²) in [6.45, 7) is 2.99. The van der Waals surface area contributed by atoms with Crippen LogP contribution in [0, 0.1) is 6.92 Å². The van der Waals surface area contributed by atoms with E-state index in [2.05, 4.69) is 5.32 Å². The molecular formula is C19H19NO4S. The van der Waals surface area contributed by atoms with Crippen molar-refractivity contribution in [3.05, 3.63) is 59.7 Å². The molecule has 2 aromatic rings. The van der Waals surface area contributed by atoms with Gasteiger partial charge in [0.2, 0.25) is 0 Å². The fraction of sp³-hybridized carbons (Fsp3) is 0.211. The third kappa shape index (κ3) is 5.76. The number of ether oxygens (including phenoxy) is 1. The smallest absolute Gasteiger partial charge is 0.339 e. The first-order chi connectivity index (χ1) is 12.0. The normalized spacial score (nSPS) is 10.2. The second-order valence-electron chi connectivity index (χ2n) is 5.43. The predicted molar refractivity (Wildman–Crippen MR) is 97.9 cm³/mol. The van der Waals surface area contributed by atoms with Crippen molar-refractivity contribution >= 4 is 35.1 Å². The number of Topliss-reactive ketones (excluding diaryl/α,β-unsaturated/α-hetero) is 1. The molecule has 1 amide bonds. The van der Waals surface area contributed by atoms with Gasteiger partial charge in [-0.3, -0.25) is 9.59 Å². The Morgan fingerprint density at radius 3 is 2.44 bits per heavy atom. The summed E-state index contributed by atoms with van der Waals surface area (Å²) in [6, 6.07) is 14.2. The lowest BCUT2D eigenvalue weighted by molar-refractivity contribution is -0.119. The number of amides is 1. The van der Waals surface area contributed by atoms with E-state index in [1.54, 1.807) is 30.3 Å². The molecule has 2 rings (SSSR count). The Morgan fingerprint density at radius 1 is 1.04 bits per heavy atom. The van der Waals surface area contributed by atoms with Gasteiger partial charge in [-0.15, -0.1) is 11.8 Å². The molecular weight excluding hydrogens is 338 g/mol. The molecule has 130 valence electrons. The Hall–Kier alpha value is -2.60. The molecule has 0 aliphatic carbocycles. The highest BCUT2D eigenvalue weighted by molar-refractivity contribution is 8.00. The van der Waals surface area contributed by atoms with Gasteiger partial charge in [-0.05, 0) is 37.6 Å². The van der Waals surface area contributed by atoms with Gasteiger partial charge in [0, 0.05) is 10.6 Å². The van der Waals surface area contributed by atoms with Crippen molar-refractivity contribution in [2.75, 3.05) is 17.7 Å². The van der Waals surface area contributed by atoms with Crippen LogP contribution in [0.5, 0.6) is 0 Å². The minimum atomic E-state index is -0.591. The highest BCUT2D eigenvalue weighted by Crippen LogP contribution is 2.23. The van der Waals surface area contributed by atoms with E-state index in [0.29, 0.717) is 16.1 Å². The topological polar surface area (TPSA) is 72.5 Å². The van der Waals surface area contributed by atoms with Crippen LogP contribution in [0.4, 0.5) is 5.69 Å². The second kappa shape index (κ2) is 9.03. The number of esters is 1. The molecule has 6 heteroatoms. The molecule has 0 spiro atoms. The number of hydrogen-bond donors (Lipinski definition) is 1. The monoisotopic (exact) mass is 357 g/mol. The quantitative estimate of drug-likeness (QED) is 0.607. The van der Waals surface area contributed by atoms with Crippen molar-refractivity contribution < 1.29 is 19.1 Å². The molecule has 2 aromatic carbocycles. The summed E-state index contributed by atoms with van der Waals surface area (Å²) in [4.78, 5) is 36.0. The summed E-state index contributed by atoms with van der Waals surface area (Å²) in [5, 5.41) is 2.71. The first-order valence-corrected chi connectivity index (χ1v) is 8.70. The third-order valence-electron chi connectivity index (χ3n) is 3.29. The summed E-state index contributed by atoms with van der Waals surface area (Å²) in [5.74, 6) is -0.702. The van der Waals surface area contributed by atoms with E-state index in [0.717, 1.165) is 5.56 Å². The van der Waals surface area contributed by atoms with Crippen molar-refractivity contribution in [3.63, 3.8) is 0 Å².